The summed E-state index contributed by atoms with van der Waals surface area (Å²) in [5, 5.41) is 12.6. The molecule has 20 heavy (non-hydrogen) atoms. The monoisotopic (exact) mass is 277 g/mol. The van der Waals surface area contributed by atoms with Crippen LogP contribution < -0.4 is 11.1 Å². The van der Waals surface area contributed by atoms with E-state index in [1.807, 2.05) is 30.9 Å². The van der Waals surface area contributed by atoms with E-state index < -0.39 is 0 Å². The lowest BCUT2D eigenvalue weighted by Gasteiger charge is -2.34. The van der Waals surface area contributed by atoms with Crippen LogP contribution in [0.15, 0.2) is 18.2 Å². The number of β-amino-alcohol motifs (C(OH)–C–C–N with tert-alkyl or cyclic N) is 1. The number of likely N-dealkylation sites (tertiary alicyclic amines) is 1. The van der Waals surface area contributed by atoms with Gasteiger partial charge in [0.15, 0.2) is 0 Å². The minimum absolute atomic E-state index is 0.0622. The summed E-state index contributed by atoms with van der Waals surface area (Å²) in [4.78, 5) is 14.3. The van der Waals surface area contributed by atoms with Crippen LogP contribution in [0.5, 0.6) is 0 Å². The summed E-state index contributed by atoms with van der Waals surface area (Å²) in [6, 6.07) is 5.21. The van der Waals surface area contributed by atoms with E-state index in [2.05, 4.69) is 5.32 Å². The molecule has 1 heterocycles. The molecule has 2 rings (SSSR count). The van der Waals surface area contributed by atoms with Gasteiger partial charge in [-0.3, -0.25) is 9.69 Å². The van der Waals surface area contributed by atoms with Gasteiger partial charge in [0.05, 0.1) is 12.1 Å². The molecule has 0 aliphatic carbocycles. The van der Waals surface area contributed by atoms with Crippen LogP contribution in [0.1, 0.15) is 25.3 Å². The second-order valence-corrected chi connectivity index (χ2v) is 5.53. The normalized spacial score (nSPS) is 21.4. The van der Waals surface area contributed by atoms with Gasteiger partial charge in [-0.25, -0.2) is 0 Å². The second-order valence-electron chi connectivity index (χ2n) is 5.53. The maximum atomic E-state index is 12.3. The molecule has 5 nitrogen and oxygen atoms in total. The van der Waals surface area contributed by atoms with Gasteiger partial charge in [0.1, 0.15) is 0 Å². The number of piperidine rings is 1. The SMILES string of the molecule is Cc1ccc(N)cc1NC(=O)C(C)N1CCCC(O)C1. The van der Waals surface area contributed by atoms with Crippen LogP contribution in [-0.4, -0.2) is 41.1 Å². The van der Waals surface area contributed by atoms with Crippen LogP contribution in [0.2, 0.25) is 0 Å². The predicted octanol–water partition coefficient (Wildman–Crippen LogP) is 1.36. The Morgan fingerprint density at radius 3 is 3.00 bits per heavy atom. The summed E-state index contributed by atoms with van der Waals surface area (Å²) >= 11 is 0. The molecule has 1 aliphatic heterocycles. The molecule has 0 bridgehead atoms. The van der Waals surface area contributed by atoms with Crippen molar-refractivity contribution in [1.82, 2.24) is 4.90 Å². The van der Waals surface area contributed by atoms with Gasteiger partial charge in [-0.2, -0.15) is 0 Å². The third-order valence-corrected chi connectivity index (χ3v) is 3.87. The zero-order valence-corrected chi connectivity index (χ0v) is 12.1. The minimum atomic E-state index is -0.326. The molecule has 1 aliphatic rings. The van der Waals surface area contributed by atoms with E-state index in [0.717, 1.165) is 30.6 Å². The van der Waals surface area contributed by atoms with Crippen molar-refractivity contribution in [2.75, 3.05) is 24.1 Å². The lowest BCUT2D eigenvalue weighted by molar-refractivity contribution is -0.121. The number of nitrogens with one attached hydrogen (secondary N) is 1. The fraction of sp³-hybridized carbons (Fsp3) is 0.533. The molecule has 1 amide bonds. The van der Waals surface area contributed by atoms with Crippen LogP contribution in [0.25, 0.3) is 0 Å². The number of aliphatic hydroxyl groups excluding tert-OH is 1. The molecular weight excluding hydrogens is 254 g/mol. The Labute approximate surface area is 119 Å². The third kappa shape index (κ3) is 3.49. The number of carbonyl (C=O) groups excluding carboxylic acids is 1. The first-order chi connectivity index (χ1) is 9.47. The standard InChI is InChI=1S/C15H23N3O2/c1-10-5-6-12(16)8-14(10)17-15(20)11(2)18-7-3-4-13(19)9-18/h5-6,8,11,13,19H,3-4,7,9,16H2,1-2H3,(H,17,20). The smallest absolute Gasteiger partial charge is 0.241 e. The van der Waals surface area contributed by atoms with Crippen molar-refractivity contribution >= 4 is 17.3 Å². The Balaban J connectivity index is 2.02. The minimum Gasteiger partial charge on any atom is -0.399 e. The fourth-order valence-corrected chi connectivity index (χ4v) is 2.51. The highest BCUT2D eigenvalue weighted by Crippen LogP contribution is 2.19. The molecule has 0 spiro atoms. The lowest BCUT2D eigenvalue weighted by Crippen LogP contribution is -2.48. The average Bonchev–Trinajstić information content (AvgIpc) is 2.42. The van der Waals surface area contributed by atoms with E-state index in [4.69, 9.17) is 5.73 Å². The maximum absolute atomic E-state index is 12.3. The Hall–Kier alpha value is -1.59. The number of aryl methyl sites for hydroxylation is 1. The molecule has 1 fully saturated rings. The molecule has 1 saturated heterocycles. The van der Waals surface area contributed by atoms with Gasteiger partial charge < -0.3 is 16.2 Å². The lowest BCUT2D eigenvalue weighted by atomic mass is 10.1. The Morgan fingerprint density at radius 2 is 2.30 bits per heavy atom. The molecule has 0 aromatic heterocycles. The maximum Gasteiger partial charge on any atom is 0.241 e. The van der Waals surface area contributed by atoms with Crippen molar-refractivity contribution in [3.05, 3.63) is 23.8 Å². The highest BCUT2D eigenvalue weighted by Gasteiger charge is 2.26. The predicted molar refractivity (Wildman–Crippen MR) is 80.5 cm³/mol. The highest BCUT2D eigenvalue weighted by atomic mass is 16.3. The van der Waals surface area contributed by atoms with E-state index in [9.17, 15) is 9.90 Å². The zero-order chi connectivity index (χ0) is 14.7. The van der Waals surface area contributed by atoms with E-state index in [-0.39, 0.29) is 18.1 Å². The molecule has 1 aromatic carbocycles. The number of rotatable bonds is 3. The van der Waals surface area contributed by atoms with Gasteiger partial charge in [0, 0.05) is 17.9 Å². The second kappa shape index (κ2) is 6.24. The molecular formula is C15H23N3O2. The molecule has 2 atom stereocenters. The van der Waals surface area contributed by atoms with E-state index in [1.54, 1.807) is 6.07 Å². The van der Waals surface area contributed by atoms with E-state index in [1.165, 1.54) is 0 Å². The number of nitrogens with two attached hydrogens (primary N) is 1. The number of nitrogens with zero attached hydrogens (tertiary/aromatic N) is 1. The van der Waals surface area contributed by atoms with Crippen LogP contribution in [0.4, 0.5) is 11.4 Å². The Bertz CT molecular complexity index is 490. The fourth-order valence-electron chi connectivity index (χ4n) is 2.51. The van der Waals surface area contributed by atoms with Crippen molar-refractivity contribution in [3.8, 4) is 0 Å². The first-order valence-corrected chi connectivity index (χ1v) is 7.06. The summed E-state index contributed by atoms with van der Waals surface area (Å²) in [5.41, 5.74) is 8.11. The number of nitrogen functional groups attached to an aromatic ring is 1. The summed E-state index contributed by atoms with van der Waals surface area (Å²) in [5.74, 6) is -0.0622. The van der Waals surface area contributed by atoms with Crippen LogP contribution >= 0.6 is 0 Å². The summed E-state index contributed by atoms with van der Waals surface area (Å²) in [7, 11) is 0. The topological polar surface area (TPSA) is 78.6 Å². The number of anilines is 2. The molecule has 0 saturated carbocycles. The quantitative estimate of drug-likeness (QED) is 0.729. The van der Waals surface area contributed by atoms with Crippen LogP contribution in [0, 0.1) is 6.92 Å². The van der Waals surface area contributed by atoms with Gasteiger partial charge >= 0.3 is 0 Å². The van der Waals surface area contributed by atoms with Gasteiger partial charge in [-0.15, -0.1) is 0 Å². The number of hydrogen-bond donors (Lipinski definition) is 3. The van der Waals surface area contributed by atoms with Gasteiger partial charge in [0.2, 0.25) is 5.91 Å². The average molecular weight is 277 g/mol. The van der Waals surface area contributed by atoms with Gasteiger partial charge in [0.25, 0.3) is 0 Å². The number of amides is 1. The van der Waals surface area contributed by atoms with E-state index >= 15 is 0 Å². The van der Waals surface area contributed by atoms with Crippen molar-refractivity contribution in [3.63, 3.8) is 0 Å². The molecule has 5 heteroatoms. The molecule has 110 valence electrons. The number of hydrogen-bond acceptors (Lipinski definition) is 4. The summed E-state index contributed by atoms with van der Waals surface area (Å²) in [6.07, 6.45) is 1.42. The Kier molecular flexibility index (Phi) is 4.62. The van der Waals surface area contributed by atoms with Crippen LogP contribution in [-0.2, 0) is 4.79 Å². The first-order valence-electron chi connectivity index (χ1n) is 7.06. The number of aliphatic hydroxyl groups is 1. The highest BCUT2D eigenvalue weighted by molar-refractivity contribution is 5.95. The number of benzene rings is 1. The Morgan fingerprint density at radius 1 is 1.55 bits per heavy atom. The molecule has 0 radical (unpaired) electrons. The van der Waals surface area contributed by atoms with Crippen molar-refractivity contribution in [2.24, 2.45) is 0 Å². The van der Waals surface area contributed by atoms with Crippen molar-refractivity contribution in [2.45, 2.75) is 38.8 Å². The van der Waals surface area contributed by atoms with Crippen molar-refractivity contribution in [1.29, 1.82) is 0 Å². The zero-order valence-electron chi connectivity index (χ0n) is 12.1. The van der Waals surface area contributed by atoms with Crippen molar-refractivity contribution < 1.29 is 9.90 Å². The largest absolute Gasteiger partial charge is 0.399 e. The molecule has 4 N–H and O–H groups in total. The summed E-state index contributed by atoms with van der Waals surface area (Å²) < 4.78 is 0. The van der Waals surface area contributed by atoms with Crippen LogP contribution in [0.3, 0.4) is 0 Å². The van der Waals surface area contributed by atoms with Gasteiger partial charge in [-0.1, -0.05) is 6.07 Å². The van der Waals surface area contributed by atoms with E-state index in [0.29, 0.717) is 12.2 Å². The molecule has 2 unspecified atom stereocenters. The first kappa shape index (κ1) is 14.8. The number of carbonyl (C=O) groups is 1. The van der Waals surface area contributed by atoms with Gasteiger partial charge in [-0.05, 0) is 50.9 Å². The third-order valence-electron chi connectivity index (χ3n) is 3.87. The summed E-state index contributed by atoms with van der Waals surface area (Å²) in [6.45, 7) is 5.21. The molecule has 1 aromatic rings.